The van der Waals surface area contributed by atoms with E-state index in [4.69, 9.17) is 5.11 Å². The molecule has 2 rings (SSSR count). The first-order chi connectivity index (χ1) is 9.68. The van der Waals surface area contributed by atoms with Crippen LogP contribution in [0.3, 0.4) is 0 Å². The molecule has 0 amide bonds. The van der Waals surface area contributed by atoms with Gasteiger partial charge in [-0.3, -0.25) is 14.9 Å². The molecule has 1 aliphatic rings. The summed E-state index contributed by atoms with van der Waals surface area (Å²) in [5.74, 6) is -2.48. The van der Waals surface area contributed by atoms with E-state index in [1.54, 1.807) is 0 Å². The molecule has 1 aliphatic carbocycles. The van der Waals surface area contributed by atoms with Gasteiger partial charge in [-0.15, -0.1) is 0 Å². The van der Waals surface area contributed by atoms with Crippen LogP contribution >= 0.6 is 0 Å². The lowest BCUT2D eigenvalue weighted by atomic mass is 9.78. The van der Waals surface area contributed by atoms with Crippen LogP contribution in [-0.4, -0.2) is 30.0 Å². The van der Waals surface area contributed by atoms with Crippen molar-refractivity contribution >= 4 is 21.7 Å². The summed E-state index contributed by atoms with van der Waals surface area (Å²) < 4.78 is 39.5. The number of nitro benzene ring substituents is 1. The van der Waals surface area contributed by atoms with Gasteiger partial charge in [0.15, 0.2) is 0 Å². The van der Waals surface area contributed by atoms with Crippen LogP contribution in [0.4, 0.5) is 10.1 Å². The Hall–Kier alpha value is -2.07. The van der Waals surface area contributed by atoms with Crippen LogP contribution in [0.15, 0.2) is 23.1 Å². The van der Waals surface area contributed by atoms with Gasteiger partial charge in [0.1, 0.15) is 5.54 Å². The number of hydrogen-bond donors (Lipinski definition) is 2. The summed E-state index contributed by atoms with van der Waals surface area (Å²) in [4.78, 5) is 20.2. The molecule has 8 nitrogen and oxygen atoms in total. The monoisotopic (exact) mass is 318 g/mol. The molecule has 0 radical (unpaired) electrons. The van der Waals surface area contributed by atoms with Crippen LogP contribution < -0.4 is 4.72 Å². The van der Waals surface area contributed by atoms with Crippen molar-refractivity contribution in [2.75, 3.05) is 0 Å². The van der Waals surface area contributed by atoms with Gasteiger partial charge in [-0.1, -0.05) is 0 Å². The van der Waals surface area contributed by atoms with Crippen molar-refractivity contribution in [2.45, 2.75) is 29.7 Å². The number of hydrogen-bond acceptors (Lipinski definition) is 5. The Labute approximate surface area is 118 Å². The van der Waals surface area contributed by atoms with Gasteiger partial charge in [-0.25, -0.2) is 8.42 Å². The molecule has 2 N–H and O–H groups in total. The molecule has 1 aromatic rings. The maximum atomic E-state index is 13.2. The normalized spacial score (nSPS) is 17.0. The SMILES string of the molecule is O=C(O)C1(NS(=O)(=O)c2ccc(F)c([N+](=O)[O-])c2)CCC1. The van der Waals surface area contributed by atoms with Gasteiger partial charge in [0.25, 0.3) is 0 Å². The Morgan fingerprint density at radius 1 is 1.43 bits per heavy atom. The standard InChI is InChI=1S/C11H11FN2O6S/c12-8-3-2-7(6-9(8)14(17)18)21(19,20)13-11(10(15)16)4-1-5-11/h2-3,6,13H,1,4-5H2,(H,15,16). The molecule has 0 bridgehead atoms. The van der Waals surface area contributed by atoms with Crippen molar-refractivity contribution in [3.8, 4) is 0 Å². The summed E-state index contributed by atoms with van der Waals surface area (Å²) in [6.07, 6.45) is 0.814. The molecule has 1 aromatic carbocycles. The summed E-state index contributed by atoms with van der Waals surface area (Å²) in [6.45, 7) is 0. The minimum atomic E-state index is -4.30. The van der Waals surface area contributed by atoms with Gasteiger partial charge in [0.2, 0.25) is 15.8 Å². The number of carboxylic acids is 1. The molecule has 114 valence electrons. The highest BCUT2D eigenvalue weighted by molar-refractivity contribution is 7.89. The number of benzene rings is 1. The van der Waals surface area contributed by atoms with Crippen molar-refractivity contribution in [3.63, 3.8) is 0 Å². The van der Waals surface area contributed by atoms with Crippen LogP contribution in [0.1, 0.15) is 19.3 Å². The molecule has 1 fully saturated rings. The average molecular weight is 318 g/mol. The maximum absolute atomic E-state index is 13.2. The topological polar surface area (TPSA) is 127 Å². The summed E-state index contributed by atoms with van der Waals surface area (Å²) in [6, 6.07) is 2.06. The van der Waals surface area contributed by atoms with Gasteiger partial charge in [0, 0.05) is 6.07 Å². The molecule has 0 saturated heterocycles. The van der Waals surface area contributed by atoms with Crippen LogP contribution in [0.25, 0.3) is 0 Å². The quantitative estimate of drug-likeness (QED) is 0.616. The summed E-state index contributed by atoms with van der Waals surface area (Å²) in [7, 11) is -4.30. The highest BCUT2D eigenvalue weighted by Crippen LogP contribution is 2.34. The van der Waals surface area contributed by atoms with Gasteiger partial charge >= 0.3 is 11.7 Å². The van der Waals surface area contributed by atoms with Crippen molar-refractivity contribution in [1.82, 2.24) is 4.72 Å². The smallest absolute Gasteiger partial charge is 0.324 e. The summed E-state index contributed by atoms with van der Waals surface area (Å²) in [5, 5.41) is 19.7. The van der Waals surface area contributed by atoms with Crippen molar-refractivity contribution in [1.29, 1.82) is 0 Å². The molecule has 0 unspecified atom stereocenters. The Morgan fingerprint density at radius 3 is 2.48 bits per heavy atom. The lowest BCUT2D eigenvalue weighted by Crippen LogP contribution is -2.58. The maximum Gasteiger partial charge on any atom is 0.324 e. The minimum absolute atomic E-state index is 0.130. The number of rotatable bonds is 5. The van der Waals surface area contributed by atoms with Crippen molar-refractivity contribution in [2.24, 2.45) is 0 Å². The van der Waals surface area contributed by atoms with E-state index in [2.05, 4.69) is 0 Å². The molecule has 0 atom stereocenters. The number of halogens is 1. The number of nitro groups is 1. The Morgan fingerprint density at radius 2 is 2.05 bits per heavy atom. The minimum Gasteiger partial charge on any atom is -0.480 e. The molecule has 0 aromatic heterocycles. The fourth-order valence-corrected chi connectivity index (χ4v) is 3.44. The van der Waals surface area contributed by atoms with E-state index in [-0.39, 0.29) is 12.8 Å². The third-order valence-corrected chi connectivity index (χ3v) is 4.90. The number of sulfonamides is 1. The second-order valence-corrected chi connectivity index (χ2v) is 6.40. The number of carbonyl (C=O) groups is 1. The van der Waals surface area contributed by atoms with Gasteiger partial charge in [0.05, 0.1) is 9.82 Å². The average Bonchev–Trinajstić information content (AvgIpc) is 2.33. The zero-order chi connectivity index (χ0) is 15.8. The Bertz CT molecular complexity index is 713. The fourth-order valence-electron chi connectivity index (χ4n) is 2.01. The van der Waals surface area contributed by atoms with E-state index in [0.717, 1.165) is 6.07 Å². The van der Waals surface area contributed by atoms with E-state index in [9.17, 15) is 27.7 Å². The molecule has 21 heavy (non-hydrogen) atoms. The largest absolute Gasteiger partial charge is 0.480 e. The van der Waals surface area contributed by atoms with Gasteiger partial charge < -0.3 is 5.11 Å². The van der Waals surface area contributed by atoms with Crippen LogP contribution in [0.5, 0.6) is 0 Å². The molecular formula is C11H11FN2O6S. The third-order valence-electron chi connectivity index (χ3n) is 3.37. The first-order valence-electron chi connectivity index (χ1n) is 5.89. The first-order valence-corrected chi connectivity index (χ1v) is 7.38. The predicted molar refractivity (Wildman–Crippen MR) is 67.6 cm³/mol. The Kier molecular flexibility index (Phi) is 3.68. The molecule has 0 heterocycles. The highest BCUT2D eigenvalue weighted by Gasteiger charge is 2.47. The molecule has 0 spiro atoms. The van der Waals surface area contributed by atoms with E-state index in [0.29, 0.717) is 18.6 Å². The molecule has 10 heteroatoms. The highest BCUT2D eigenvalue weighted by atomic mass is 32.2. The first kappa shape index (κ1) is 15.3. The van der Waals surface area contributed by atoms with Crippen LogP contribution in [-0.2, 0) is 14.8 Å². The lowest BCUT2D eigenvalue weighted by molar-refractivity contribution is -0.387. The van der Waals surface area contributed by atoms with Crippen molar-refractivity contribution < 1.29 is 27.6 Å². The van der Waals surface area contributed by atoms with Crippen molar-refractivity contribution in [3.05, 3.63) is 34.1 Å². The van der Waals surface area contributed by atoms with E-state index in [1.807, 2.05) is 4.72 Å². The Balaban J connectivity index is 2.38. The number of nitrogens with one attached hydrogen (secondary N) is 1. The lowest BCUT2D eigenvalue weighted by Gasteiger charge is -2.37. The summed E-state index contributed by atoms with van der Waals surface area (Å²) in [5.41, 5.74) is -2.59. The zero-order valence-electron chi connectivity index (χ0n) is 10.6. The predicted octanol–water partition coefficient (Wildman–Crippen LogP) is 1.02. The molecular weight excluding hydrogens is 307 g/mol. The number of carboxylic acid groups (broad SMARTS) is 1. The van der Waals surface area contributed by atoms with E-state index in [1.165, 1.54) is 0 Å². The molecule has 0 aliphatic heterocycles. The van der Waals surface area contributed by atoms with Crippen LogP contribution in [0.2, 0.25) is 0 Å². The van der Waals surface area contributed by atoms with E-state index < -0.39 is 42.9 Å². The fraction of sp³-hybridized carbons (Fsp3) is 0.364. The number of aliphatic carboxylic acids is 1. The van der Waals surface area contributed by atoms with Crippen LogP contribution in [0, 0.1) is 15.9 Å². The second-order valence-electron chi connectivity index (χ2n) is 4.72. The molecule has 1 saturated carbocycles. The third kappa shape index (κ3) is 2.72. The van der Waals surface area contributed by atoms with Gasteiger partial charge in [-0.05, 0) is 31.4 Å². The number of nitrogens with zero attached hydrogens (tertiary/aromatic N) is 1. The van der Waals surface area contributed by atoms with E-state index >= 15 is 0 Å². The zero-order valence-corrected chi connectivity index (χ0v) is 11.4. The second kappa shape index (κ2) is 5.04. The summed E-state index contributed by atoms with van der Waals surface area (Å²) >= 11 is 0. The van der Waals surface area contributed by atoms with Gasteiger partial charge in [-0.2, -0.15) is 9.11 Å².